The van der Waals surface area contributed by atoms with E-state index in [1.807, 2.05) is 12.1 Å². The fraction of sp³-hybridized carbons (Fsp3) is 0.276. The van der Waals surface area contributed by atoms with Gasteiger partial charge in [-0.05, 0) is 77.9 Å². The van der Waals surface area contributed by atoms with Crippen LogP contribution in [0.15, 0.2) is 76.8 Å². The molecule has 4 N–H and O–H groups in total. The number of guanidine groups is 1. The van der Waals surface area contributed by atoms with Gasteiger partial charge in [0, 0.05) is 27.8 Å². The zero-order chi connectivity index (χ0) is 27.8. The Morgan fingerprint density at radius 1 is 0.923 bits per heavy atom. The predicted octanol–water partition coefficient (Wildman–Crippen LogP) is 7.44. The highest BCUT2D eigenvalue weighted by Gasteiger charge is 2.19. The molecule has 1 saturated carbocycles. The van der Waals surface area contributed by atoms with E-state index in [2.05, 4.69) is 27.6 Å². The first-order chi connectivity index (χ1) is 18.8. The molecule has 202 valence electrons. The molecule has 3 aromatic carbocycles. The van der Waals surface area contributed by atoms with Crippen LogP contribution in [0.25, 0.3) is 0 Å². The Kier molecular flexibility index (Phi) is 9.68. The largest absolute Gasteiger partial charge is 0.366 e. The molecule has 39 heavy (non-hydrogen) atoms. The topological polar surface area (TPSA) is 124 Å². The molecule has 0 atom stereocenters. The molecular weight excluding hydrogens is 535 g/mol. The number of carbonyl (C=O) groups is 2. The zero-order valence-corrected chi connectivity index (χ0v) is 22.9. The van der Waals surface area contributed by atoms with E-state index in [1.165, 1.54) is 37.7 Å². The monoisotopic (exact) mass is 564 g/mol. The van der Waals surface area contributed by atoms with Crippen LogP contribution in [-0.2, 0) is 13.1 Å². The molecule has 3 amide bonds. The van der Waals surface area contributed by atoms with E-state index in [1.54, 1.807) is 47.4 Å². The Hall–Kier alpha value is -3.75. The number of hydrogen-bond donors (Lipinski definition) is 3. The van der Waals surface area contributed by atoms with E-state index >= 15 is 0 Å². The summed E-state index contributed by atoms with van der Waals surface area (Å²) >= 11 is 12.2. The summed E-state index contributed by atoms with van der Waals surface area (Å²) in [6, 6.07) is 19.8. The third kappa shape index (κ3) is 7.88. The number of rotatable bonds is 7. The molecule has 0 aliphatic heterocycles. The van der Waals surface area contributed by atoms with Crippen molar-refractivity contribution >= 4 is 46.8 Å². The number of benzene rings is 3. The van der Waals surface area contributed by atoms with E-state index < -0.39 is 11.9 Å². The molecule has 10 heteroatoms. The quantitative estimate of drug-likeness (QED) is 0.157. The minimum atomic E-state index is -0.594. The first-order valence-electron chi connectivity index (χ1n) is 12.8. The Morgan fingerprint density at radius 2 is 1.56 bits per heavy atom. The summed E-state index contributed by atoms with van der Waals surface area (Å²) in [5.74, 6) is -0.444. The van der Waals surface area contributed by atoms with Crippen molar-refractivity contribution in [1.82, 2.24) is 5.32 Å². The maximum atomic E-state index is 13.4. The number of aliphatic imine (C=N–C) groups is 1. The third-order valence-electron chi connectivity index (χ3n) is 6.76. The van der Waals surface area contributed by atoms with Crippen molar-refractivity contribution in [2.45, 2.75) is 51.1 Å². The lowest BCUT2D eigenvalue weighted by molar-refractivity contribution is 0.100. The van der Waals surface area contributed by atoms with Gasteiger partial charge < -0.3 is 11.1 Å². The molecule has 3 aromatic rings. The average Bonchev–Trinajstić information content (AvgIpc) is 2.95. The molecule has 1 aliphatic rings. The van der Waals surface area contributed by atoms with Crippen molar-refractivity contribution in [3.05, 3.63) is 99.0 Å². The summed E-state index contributed by atoms with van der Waals surface area (Å²) < 4.78 is 0. The van der Waals surface area contributed by atoms with E-state index in [-0.39, 0.29) is 19.1 Å². The van der Waals surface area contributed by atoms with Crippen molar-refractivity contribution in [1.29, 1.82) is 5.53 Å². The Balaban J connectivity index is 1.54. The molecule has 0 aromatic heterocycles. The van der Waals surface area contributed by atoms with E-state index in [4.69, 9.17) is 34.5 Å². The summed E-state index contributed by atoms with van der Waals surface area (Å²) in [4.78, 5) is 30.9. The van der Waals surface area contributed by atoms with Gasteiger partial charge in [-0.15, -0.1) is 5.11 Å². The SMILES string of the molecule is N=NC(N)=NC(=O)c1ccc(CN(C(=O)NCc2cc(Cl)cc(Cl)c2)c2ccc(C3CCCCC3)cc2)cc1. The van der Waals surface area contributed by atoms with Crippen molar-refractivity contribution in [2.24, 2.45) is 15.8 Å². The molecular formula is C29H30Cl2N6O2. The van der Waals surface area contributed by atoms with Gasteiger partial charge in [0.15, 0.2) is 0 Å². The standard InChI is InChI=1S/C29H30Cl2N6O2/c30-24-14-20(15-25(31)16-24)17-34-29(39)37(26-12-10-22(11-13-26)21-4-2-1-3-5-21)18-19-6-8-23(9-7-19)27(38)35-28(32)36-33/h6-16,21,33H,1-5,17-18H2,(H,34,39)(H2,32,35,38). The Bertz CT molecular complexity index is 1330. The van der Waals surface area contributed by atoms with E-state index in [0.29, 0.717) is 21.5 Å². The number of anilines is 1. The van der Waals surface area contributed by atoms with Gasteiger partial charge in [-0.3, -0.25) is 9.69 Å². The maximum Gasteiger partial charge on any atom is 0.322 e. The number of halogens is 2. The second-order valence-electron chi connectivity index (χ2n) is 9.53. The highest BCUT2D eigenvalue weighted by atomic mass is 35.5. The molecule has 0 unspecified atom stereocenters. The fourth-order valence-electron chi connectivity index (χ4n) is 4.76. The lowest BCUT2D eigenvalue weighted by Gasteiger charge is -2.26. The Morgan fingerprint density at radius 3 is 2.18 bits per heavy atom. The summed E-state index contributed by atoms with van der Waals surface area (Å²) in [5, 5.41) is 6.90. The Labute approximate surface area is 237 Å². The lowest BCUT2D eigenvalue weighted by Crippen LogP contribution is -2.39. The molecule has 8 nitrogen and oxygen atoms in total. The van der Waals surface area contributed by atoms with Crippen molar-refractivity contribution < 1.29 is 9.59 Å². The molecule has 0 saturated heterocycles. The lowest BCUT2D eigenvalue weighted by atomic mass is 9.84. The zero-order valence-electron chi connectivity index (χ0n) is 21.4. The van der Waals surface area contributed by atoms with Crippen molar-refractivity contribution in [3.8, 4) is 0 Å². The first kappa shape index (κ1) is 28.3. The molecule has 1 fully saturated rings. The summed E-state index contributed by atoms with van der Waals surface area (Å²) in [5.41, 5.74) is 16.2. The number of nitrogens with one attached hydrogen (secondary N) is 2. The van der Waals surface area contributed by atoms with Crippen LogP contribution < -0.4 is 16.0 Å². The number of carbonyl (C=O) groups excluding carboxylic acids is 2. The van der Waals surface area contributed by atoms with E-state index in [9.17, 15) is 9.59 Å². The third-order valence-corrected chi connectivity index (χ3v) is 7.20. The van der Waals surface area contributed by atoms with Crippen LogP contribution in [0.4, 0.5) is 10.5 Å². The molecule has 0 radical (unpaired) electrons. The van der Waals surface area contributed by atoms with Crippen LogP contribution in [-0.4, -0.2) is 17.9 Å². The van der Waals surface area contributed by atoms with Gasteiger partial charge in [0.2, 0.25) is 5.96 Å². The van der Waals surface area contributed by atoms with Gasteiger partial charge in [-0.1, -0.05) is 66.7 Å². The van der Waals surface area contributed by atoms with Gasteiger partial charge in [-0.2, -0.15) is 4.99 Å². The van der Waals surface area contributed by atoms with Crippen molar-refractivity contribution in [2.75, 3.05) is 4.90 Å². The summed E-state index contributed by atoms with van der Waals surface area (Å²) in [6.45, 7) is 0.524. The van der Waals surface area contributed by atoms with Crippen LogP contribution in [0.3, 0.4) is 0 Å². The molecule has 4 rings (SSSR count). The number of hydrogen-bond acceptors (Lipinski definition) is 3. The minimum Gasteiger partial charge on any atom is -0.366 e. The van der Waals surface area contributed by atoms with Gasteiger partial charge in [-0.25, -0.2) is 10.3 Å². The predicted molar refractivity (Wildman–Crippen MR) is 155 cm³/mol. The second-order valence-corrected chi connectivity index (χ2v) is 10.4. The number of amides is 3. The maximum absolute atomic E-state index is 13.4. The fourth-order valence-corrected chi connectivity index (χ4v) is 5.33. The number of urea groups is 1. The smallest absolute Gasteiger partial charge is 0.322 e. The van der Waals surface area contributed by atoms with Gasteiger partial charge >= 0.3 is 6.03 Å². The minimum absolute atomic E-state index is 0.254. The number of nitrogens with zero attached hydrogens (tertiary/aromatic N) is 3. The average molecular weight is 566 g/mol. The van der Waals surface area contributed by atoms with Crippen LogP contribution in [0.1, 0.15) is 65.1 Å². The summed E-state index contributed by atoms with van der Waals surface area (Å²) in [6.07, 6.45) is 6.19. The molecule has 1 aliphatic carbocycles. The first-order valence-corrected chi connectivity index (χ1v) is 13.5. The highest BCUT2D eigenvalue weighted by molar-refractivity contribution is 6.34. The number of nitrogens with two attached hydrogens (primary N) is 1. The van der Waals surface area contributed by atoms with Gasteiger partial charge in [0.25, 0.3) is 5.91 Å². The van der Waals surface area contributed by atoms with Crippen LogP contribution in [0, 0.1) is 5.53 Å². The molecule has 0 spiro atoms. The van der Waals surface area contributed by atoms with Crippen LogP contribution in [0.5, 0.6) is 0 Å². The molecule has 0 bridgehead atoms. The molecule has 0 heterocycles. The van der Waals surface area contributed by atoms with Crippen molar-refractivity contribution in [3.63, 3.8) is 0 Å². The second kappa shape index (κ2) is 13.4. The van der Waals surface area contributed by atoms with E-state index in [0.717, 1.165) is 16.8 Å². The van der Waals surface area contributed by atoms with Gasteiger partial charge in [0.05, 0.1) is 6.54 Å². The highest BCUT2D eigenvalue weighted by Crippen LogP contribution is 2.33. The van der Waals surface area contributed by atoms with Crippen LogP contribution in [0.2, 0.25) is 10.0 Å². The van der Waals surface area contributed by atoms with Crippen LogP contribution >= 0.6 is 23.2 Å². The normalized spacial score (nSPS) is 14.1. The summed E-state index contributed by atoms with van der Waals surface area (Å²) in [7, 11) is 0. The van der Waals surface area contributed by atoms with Gasteiger partial charge in [0.1, 0.15) is 0 Å².